The van der Waals surface area contributed by atoms with Crippen LogP contribution in [0.3, 0.4) is 0 Å². The summed E-state index contributed by atoms with van der Waals surface area (Å²) in [4.78, 5) is 8.25. The van der Waals surface area contributed by atoms with Crippen LogP contribution in [0.25, 0.3) is 0 Å². The van der Waals surface area contributed by atoms with E-state index in [9.17, 15) is 0 Å². The van der Waals surface area contributed by atoms with E-state index in [1.54, 1.807) is 0 Å². The van der Waals surface area contributed by atoms with Gasteiger partial charge in [-0.05, 0) is 0 Å². The minimum atomic E-state index is -1.75. The molecule has 1 radical (unpaired) electrons. The molecule has 0 fully saturated rings. The second-order valence-corrected chi connectivity index (χ2v) is 0.224. The van der Waals surface area contributed by atoms with Crippen molar-refractivity contribution in [2.75, 3.05) is 0 Å². The van der Waals surface area contributed by atoms with Crippen LogP contribution in [-0.4, -0.2) is 43.4 Å². The summed E-state index contributed by atoms with van der Waals surface area (Å²) in [7, 11) is 0. The zero-order chi connectivity index (χ0) is 3.58. The van der Waals surface area contributed by atoms with Crippen molar-refractivity contribution in [1.29, 1.82) is 0 Å². The monoisotopic (exact) mass is 329 g/mol. The van der Waals surface area contributed by atoms with Crippen molar-refractivity contribution >= 4 is 0 Å². The Balaban J connectivity index is -0.00000000161. The molecule has 0 aliphatic heterocycles. The largest absolute Gasteiger partial charge is 0.412 e. The Morgan fingerprint density at radius 2 is 0.667 bits per heavy atom. The van der Waals surface area contributed by atoms with E-state index in [2.05, 4.69) is 0 Å². The fourth-order valence-corrected chi connectivity index (χ4v) is 0. The van der Waals surface area contributed by atoms with Crippen LogP contribution in [0.15, 0.2) is 0 Å². The Morgan fingerprint density at radius 1 is 0.667 bits per heavy atom. The third kappa shape index (κ3) is 11000. The van der Waals surface area contributed by atoms with E-state index in [-0.39, 0.29) is 79.6 Å². The average molecular weight is 329 g/mol. The third-order valence-corrected chi connectivity index (χ3v) is 0. The minimum absolute atomic E-state index is 0. The molecule has 0 unspecified atom stereocenters. The van der Waals surface area contributed by atoms with Crippen LogP contribution in [0.1, 0.15) is 0 Å². The van der Waals surface area contributed by atoms with E-state index in [1.807, 2.05) is 0 Å². The van der Waals surface area contributed by atoms with Crippen LogP contribution in [0.2, 0.25) is 0 Å². The van der Waals surface area contributed by atoms with Gasteiger partial charge in [-0.15, -0.1) is 0 Å². The van der Waals surface area contributed by atoms with E-state index in [0.717, 1.165) is 0 Å². The average Bonchev–Trinajstić information content (AvgIpc) is 0.811. The van der Waals surface area contributed by atoms with Gasteiger partial charge >= 0.3 is 0 Å². The molecule has 83 valence electrons. The molecule has 0 bridgehead atoms. The summed E-state index contributed by atoms with van der Waals surface area (Å²) in [5.41, 5.74) is 0. The van der Waals surface area contributed by atoms with Gasteiger partial charge in [0.2, 0.25) is 0 Å². The second-order valence-electron chi connectivity index (χ2n) is 0.224. The number of nitrogens with zero attached hydrogens (tertiary/aromatic N) is 1. The maximum absolute atomic E-state index is 8.25. The van der Waals surface area contributed by atoms with Gasteiger partial charge in [-0.3, -0.25) is 0 Å². The molecule has 0 aliphatic carbocycles. The van der Waals surface area contributed by atoms with Crippen molar-refractivity contribution in [3.05, 3.63) is 15.3 Å². The topological polar surface area (TPSA) is 287 Å². The maximum Gasteiger partial charge on any atom is 0.0689 e. The van der Waals surface area contributed by atoms with Crippen LogP contribution >= 0.6 is 0 Å². The van der Waals surface area contributed by atoms with Crippen molar-refractivity contribution in [3.8, 4) is 0 Å². The quantitative estimate of drug-likeness (QED) is 0.309. The van der Waals surface area contributed by atoms with Crippen LogP contribution in [0.5, 0.6) is 0 Å². The Labute approximate surface area is 99.6 Å². The summed E-state index contributed by atoms with van der Waals surface area (Å²) in [5, 5.41) is 14.8. The first kappa shape index (κ1) is 145. The molecule has 0 spiro atoms. The predicted octanol–water partition coefficient (Wildman–Crippen LogP) is -6.01. The molecule has 0 aliphatic rings. The zero-order valence-corrected chi connectivity index (χ0v) is 9.45. The van der Waals surface area contributed by atoms with Crippen molar-refractivity contribution in [1.82, 2.24) is 0 Å². The summed E-state index contributed by atoms with van der Waals surface area (Å²) in [5.74, 6) is 0. The third-order valence-electron chi connectivity index (χ3n) is 0. The van der Waals surface area contributed by atoms with E-state index >= 15 is 0 Å². The number of hydrogen-bond donors (Lipinski definition) is 0. The summed E-state index contributed by atoms with van der Waals surface area (Å²) in [6.45, 7) is 0. The molecule has 12 heteroatoms. The normalized spacial score (nSPS) is 2.00. The Morgan fingerprint density at radius 3 is 0.667 bits per heavy atom. The van der Waals surface area contributed by atoms with Crippen molar-refractivity contribution in [3.63, 3.8) is 0 Å². The van der Waals surface area contributed by atoms with E-state index in [4.69, 9.17) is 15.3 Å². The van der Waals surface area contributed by atoms with Gasteiger partial charge < -0.3 is 53.7 Å². The molecule has 0 saturated heterocycles. The van der Waals surface area contributed by atoms with Crippen molar-refractivity contribution in [2.45, 2.75) is 0 Å². The molecule has 14 N–H and O–H groups in total. The van der Waals surface area contributed by atoms with E-state index < -0.39 is 5.09 Å². The van der Waals surface area contributed by atoms with Gasteiger partial charge in [0.25, 0.3) is 0 Å². The van der Waals surface area contributed by atoms with Gasteiger partial charge in [-0.2, -0.15) is 0 Å². The SMILES string of the molecule is O.O.O.O.O.O.O.O=[N+]([O-])[O-].[Pr]. The molecule has 0 aromatic heterocycles. The second kappa shape index (κ2) is 111. The summed E-state index contributed by atoms with van der Waals surface area (Å²) in [6, 6.07) is 0. The maximum atomic E-state index is 8.25. The van der Waals surface area contributed by atoms with Gasteiger partial charge in [0.15, 0.2) is 0 Å². The summed E-state index contributed by atoms with van der Waals surface area (Å²) >= 11 is 0. The zero-order valence-electron chi connectivity index (χ0n) is 5.75. The van der Waals surface area contributed by atoms with Crippen LogP contribution < -0.4 is 0 Å². The van der Waals surface area contributed by atoms with Crippen LogP contribution in [0.4, 0.5) is 0 Å². The van der Waals surface area contributed by atoms with Crippen LogP contribution in [0, 0.1) is 56.6 Å². The standard InChI is InChI=1S/NO3.7H2O.Pr/c2-1(3)4;;;;;;;;/h;7*1H2;/q-1;;;;;;;;. The molecule has 0 atom stereocenters. The van der Waals surface area contributed by atoms with Crippen LogP contribution in [-0.2, 0) is 0 Å². The molecular formula is H14NO10Pr-. The van der Waals surface area contributed by atoms with Gasteiger partial charge in [0, 0.05) is 41.3 Å². The van der Waals surface area contributed by atoms with Crippen molar-refractivity contribution < 1.29 is 84.7 Å². The fourth-order valence-electron chi connectivity index (χ4n) is 0. The Hall–Kier alpha value is 0.284. The first-order valence-corrected chi connectivity index (χ1v) is 0.548. The summed E-state index contributed by atoms with van der Waals surface area (Å²) in [6.07, 6.45) is 0. The summed E-state index contributed by atoms with van der Waals surface area (Å²) < 4.78 is 0. The Kier molecular flexibility index (Phi) is 1340. The molecule has 0 amide bonds. The molecule has 0 heterocycles. The Bertz CT molecular complexity index is 32.8. The van der Waals surface area contributed by atoms with E-state index in [1.165, 1.54) is 0 Å². The van der Waals surface area contributed by atoms with Gasteiger partial charge in [0.1, 0.15) is 0 Å². The minimum Gasteiger partial charge on any atom is -0.412 e. The molecule has 12 heavy (non-hydrogen) atoms. The van der Waals surface area contributed by atoms with Gasteiger partial charge in [0.05, 0.1) is 5.09 Å². The smallest absolute Gasteiger partial charge is 0.0689 e. The molecule has 0 aromatic rings. The molecule has 0 rings (SSSR count). The molecule has 0 aromatic carbocycles. The number of rotatable bonds is 0. The fraction of sp³-hybridized carbons (Fsp3) is 0. The first-order chi connectivity index (χ1) is 1.73. The van der Waals surface area contributed by atoms with E-state index in [0.29, 0.717) is 0 Å². The van der Waals surface area contributed by atoms with Gasteiger partial charge in [-0.1, -0.05) is 0 Å². The van der Waals surface area contributed by atoms with Gasteiger partial charge in [-0.25, -0.2) is 0 Å². The molecular weight excluding hydrogens is 315 g/mol. The molecule has 0 saturated carbocycles. The number of hydrogen-bond acceptors (Lipinski definition) is 3. The predicted molar refractivity (Wildman–Crippen MR) is 35.7 cm³/mol. The van der Waals surface area contributed by atoms with Crippen molar-refractivity contribution in [2.24, 2.45) is 0 Å². The molecule has 11 nitrogen and oxygen atoms in total. The first-order valence-electron chi connectivity index (χ1n) is 0.548.